The molecule has 0 radical (unpaired) electrons. The second-order valence-corrected chi connectivity index (χ2v) is 2.00. The fourth-order valence-electron chi connectivity index (χ4n) is 0.607. The molecule has 54 valence electrons. The molecular weight excluding hydrogens is 124 g/mol. The average Bonchev–Trinajstić information content (AvgIpc) is 1.89. The van der Waals surface area contributed by atoms with Crippen LogP contribution in [0.3, 0.4) is 0 Å². The minimum atomic E-state index is 0.0943. The molecule has 0 spiro atoms. The number of allylic oxidation sites excluding steroid dienone is 2. The quantitative estimate of drug-likeness (QED) is 0.245. The minimum absolute atomic E-state index is 0.0943. The van der Waals surface area contributed by atoms with Gasteiger partial charge in [0.25, 0.3) is 0 Å². The minimum Gasteiger partial charge on any atom is -0.294 e. The van der Waals surface area contributed by atoms with E-state index in [1.807, 2.05) is 6.08 Å². The number of ketones is 1. The lowest BCUT2D eigenvalue weighted by molar-refractivity contribution is -0.114. The standard InChI is InChI=1S/C9H12O/c1-3-5-6-8-9(10)7-4-2/h3,7H,1-2,5-6,8H2. The lowest BCUT2D eigenvalue weighted by atomic mass is 10.2. The summed E-state index contributed by atoms with van der Waals surface area (Å²) < 4.78 is 0. The molecule has 1 nitrogen and oxygen atoms in total. The highest BCUT2D eigenvalue weighted by Gasteiger charge is 1.92. The van der Waals surface area contributed by atoms with Crippen molar-refractivity contribution >= 4 is 5.78 Å². The highest BCUT2D eigenvalue weighted by Crippen LogP contribution is 1.96. The maximum atomic E-state index is 10.7. The molecule has 10 heavy (non-hydrogen) atoms. The summed E-state index contributed by atoms with van der Waals surface area (Å²) in [5.74, 6) is 0.0943. The van der Waals surface area contributed by atoms with E-state index >= 15 is 0 Å². The van der Waals surface area contributed by atoms with Crippen molar-refractivity contribution in [2.75, 3.05) is 0 Å². The van der Waals surface area contributed by atoms with Crippen molar-refractivity contribution in [2.45, 2.75) is 19.3 Å². The Morgan fingerprint density at radius 1 is 1.60 bits per heavy atom. The molecule has 0 N–H and O–H groups in total. The largest absolute Gasteiger partial charge is 0.294 e. The van der Waals surface area contributed by atoms with Crippen LogP contribution < -0.4 is 0 Å². The van der Waals surface area contributed by atoms with Crippen LogP contribution in [-0.2, 0) is 4.79 Å². The van der Waals surface area contributed by atoms with Crippen LogP contribution in [-0.4, -0.2) is 5.78 Å². The number of rotatable bonds is 5. The summed E-state index contributed by atoms with van der Waals surface area (Å²) in [6, 6.07) is 0. The summed E-state index contributed by atoms with van der Waals surface area (Å²) in [5, 5.41) is 0. The second-order valence-electron chi connectivity index (χ2n) is 2.00. The third-order valence-corrected chi connectivity index (χ3v) is 1.09. The Bertz CT molecular complexity index is 162. The van der Waals surface area contributed by atoms with Crippen LogP contribution in [0.2, 0.25) is 0 Å². The van der Waals surface area contributed by atoms with E-state index in [4.69, 9.17) is 0 Å². The highest BCUT2D eigenvalue weighted by atomic mass is 16.1. The zero-order valence-corrected chi connectivity index (χ0v) is 6.10. The summed E-state index contributed by atoms with van der Waals surface area (Å²) >= 11 is 0. The molecule has 0 fully saturated rings. The Hall–Kier alpha value is -1.07. The first-order chi connectivity index (χ1) is 4.81. The molecule has 0 aromatic rings. The summed E-state index contributed by atoms with van der Waals surface area (Å²) in [7, 11) is 0. The third kappa shape index (κ3) is 5.07. The van der Waals surface area contributed by atoms with Gasteiger partial charge in [0.2, 0.25) is 0 Å². The molecule has 0 heterocycles. The van der Waals surface area contributed by atoms with Gasteiger partial charge in [-0.3, -0.25) is 4.79 Å². The van der Waals surface area contributed by atoms with E-state index in [9.17, 15) is 4.79 Å². The van der Waals surface area contributed by atoms with Gasteiger partial charge in [-0.25, -0.2) is 0 Å². The van der Waals surface area contributed by atoms with E-state index in [-0.39, 0.29) is 5.78 Å². The summed E-state index contributed by atoms with van der Waals surface area (Å²) in [4.78, 5) is 10.7. The lowest BCUT2D eigenvalue weighted by Crippen LogP contribution is -1.89. The molecule has 0 aromatic carbocycles. The molecule has 0 unspecified atom stereocenters. The zero-order valence-electron chi connectivity index (χ0n) is 6.10. The molecule has 0 aliphatic rings. The van der Waals surface area contributed by atoms with Gasteiger partial charge in [-0.2, -0.15) is 0 Å². The average molecular weight is 136 g/mol. The fourth-order valence-corrected chi connectivity index (χ4v) is 0.607. The van der Waals surface area contributed by atoms with Crippen molar-refractivity contribution in [3.05, 3.63) is 31.0 Å². The van der Waals surface area contributed by atoms with E-state index in [2.05, 4.69) is 18.9 Å². The molecule has 0 aliphatic carbocycles. The maximum Gasteiger partial charge on any atom is 0.163 e. The first-order valence-corrected chi connectivity index (χ1v) is 3.31. The Kier molecular flexibility index (Phi) is 5.41. The molecule has 0 saturated carbocycles. The Morgan fingerprint density at radius 2 is 2.30 bits per heavy atom. The van der Waals surface area contributed by atoms with Gasteiger partial charge in [0, 0.05) is 12.5 Å². The van der Waals surface area contributed by atoms with Crippen molar-refractivity contribution < 1.29 is 4.79 Å². The van der Waals surface area contributed by atoms with Crippen LogP contribution in [0.1, 0.15) is 19.3 Å². The van der Waals surface area contributed by atoms with Gasteiger partial charge in [-0.15, -0.1) is 12.3 Å². The second kappa shape index (κ2) is 6.06. The van der Waals surface area contributed by atoms with Crippen molar-refractivity contribution in [3.8, 4) is 0 Å². The van der Waals surface area contributed by atoms with Crippen molar-refractivity contribution in [1.82, 2.24) is 0 Å². The van der Waals surface area contributed by atoms with Crippen molar-refractivity contribution in [1.29, 1.82) is 0 Å². The van der Waals surface area contributed by atoms with Crippen LogP contribution >= 0.6 is 0 Å². The molecule has 0 bridgehead atoms. The Morgan fingerprint density at radius 3 is 2.80 bits per heavy atom. The number of unbranched alkanes of at least 4 members (excludes halogenated alkanes) is 1. The molecule has 0 aliphatic heterocycles. The Balaban J connectivity index is 3.39. The number of hydrogen-bond donors (Lipinski definition) is 0. The summed E-state index contributed by atoms with van der Waals surface area (Å²) in [6.07, 6.45) is 5.54. The number of carbonyl (C=O) groups excluding carboxylic acids is 1. The van der Waals surface area contributed by atoms with Crippen LogP contribution in [0.4, 0.5) is 0 Å². The third-order valence-electron chi connectivity index (χ3n) is 1.09. The SMILES string of the molecule is C=C=CC(=O)CCCC=C. The van der Waals surface area contributed by atoms with Crippen LogP contribution in [0.15, 0.2) is 31.0 Å². The van der Waals surface area contributed by atoms with Crippen LogP contribution in [0.5, 0.6) is 0 Å². The van der Waals surface area contributed by atoms with Crippen molar-refractivity contribution in [2.24, 2.45) is 0 Å². The van der Waals surface area contributed by atoms with Crippen LogP contribution in [0, 0.1) is 0 Å². The van der Waals surface area contributed by atoms with Gasteiger partial charge in [0.05, 0.1) is 0 Å². The summed E-state index contributed by atoms with van der Waals surface area (Å²) in [6.45, 7) is 6.86. The molecule has 1 heteroatoms. The van der Waals surface area contributed by atoms with Crippen molar-refractivity contribution in [3.63, 3.8) is 0 Å². The van der Waals surface area contributed by atoms with Gasteiger partial charge in [0.15, 0.2) is 5.78 Å². The number of carbonyl (C=O) groups is 1. The van der Waals surface area contributed by atoms with Gasteiger partial charge >= 0.3 is 0 Å². The number of hydrogen-bond acceptors (Lipinski definition) is 1. The van der Waals surface area contributed by atoms with Gasteiger partial charge in [-0.05, 0) is 12.8 Å². The Labute approximate surface area is 61.8 Å². The molecule has 0 atom stereocenters. The highest BCUT2D eigenvalue weighted by molar-refractivity contribution is 5.89. The predicted molar refractivity (Wildman–Crippen MR) is 42.8 cm³/mol. The summed E-state index contributed by atoms with van der Waals surface area (Å²) in [5.41, 5.74) is 2.44. The smallest absolute Gasteiger partial charge is 0.163 e. The van der Waals surface area contributed by atoms with E-state index in [1.54, 1.807) is 0 Å². The topological polar surface area (TPSA) is 17.1 Å². The predicted octanol–water partition coefficient (Wildman–Crippen LogP) is 2.25. The van der Waals surface area contributed by atoms with E-state index in [0.29, 0.717) is 6.42 Å². The lowest BCUT2D eigenvalue weighted by Gasteiger charge is -1.89. The molecule has 0 saturated heterocycles. The van der Waals surface area contributed by atoms with Gasteiger partial charge in [0.1, 0.15) is 0 Å². The van der Waals surface area contributed by atoms with E-state index < -0.39 is 0 Å². The maximum absolute atomic E-state index is 10.7. The normalized spacial score (nSPS) is 8.00. The van der Waals surface area contributed by atoms with E-state index in [0.717, 1.165) is 12.8 Å². The van der Waals surface area contributed by atoms with Gasteiger partial charge in [-0.1, -0.05) is 12.7 Å². The molecule has 0 amide bonds. The first kappa shape index (κ1) is 8.93. The zero-order chi connectivity index (χ0) is 7.82. The first-order valence-electron chi connectivity index (χ1n) is 3.31. The fraction of sp³-hybridized carbons (Fsp3) is 0.333. The molecule has 0 aromatic heterocycles. The van der Waals surface area contributed by atoms with Crippen LogP contribution in [0.25, 0.3) is 0 Å². The van der Waals surface area contributed by atoms with Gasteiger partial charge < -0.3 is 0 Å². The monoisotopic (exact) mass is 136 g/mol. The van der Waals surface area contributed by atoms with E-state index in [1.165, 1.54) is 6.08 Å². The molecular formula is C9H12O. The molecule has 0 rings (SSSR count).